The summed E-state index contributed by atoms with van der Waals surface area (Å²) in [6.45, 7) is 11.1. The van der Waals surface area contributed by atoms with Crippen molar-refractivity contribution in [1.82, 2.24) is 15.2 Å². The Kier molecular flexibility index (Phi) is 7.78. The molecule has 4 heterocycles. The zero-order valence-corrected chi connectivity index (χ0v) is 23.9. The van der Waals surface area contributed by atoms with E-state index >= 15 is 0 Å². The SMILES string of the molecule is CCOc1ccccc1-c1ccc2c(n1)CN(C[C@H]1CCCN1)C[C@]21CCN(c2ccccc2C#N)C[C@H]1CC. The highest BCUT2D eigenvalue weighted by atomic mass is 16.5. The van der Waals surface area contributed by atoms with Crippen molar-refractivity contribution < 1.29 is 4.74 Å². The van der Waals surface area contributed by atoms with E-state index in [1.165, 1.54) is 24.1 Å². The molecule has 0 amide bonds. The number of nitriles is 1. The number of hydrogen-bond acceptors (Lipinski definition) is 6. The Balaban J connectivity index is 1.38. The molecule has 3 aliphatic rings. The Bertz CT molecular complexity index is 1380. The number of hydrogen-bond donors (Lipinski definition) is 1. The maximum absolute atomic E-state index is 9.78. The summed E-state index contributed by atoms with van der Waals surface area (Å²) in [5, 5.41) is 13.5. The van der Waals surface area contributed by atoms with Gasteiger partial charge in [-0.05, 0) is 74.5 Å². The van der Waals surface area contributed by atoms with Crippen molar-refractivity contribution in [3.8, 4) is 23.1 Å². The van der Waals surface area contributed by atoms with Crippen molar-refractivity contribution in [3.05, 3.63) is 77.5 Å². The number of anilines is 1. The minimum Gasteiger partial charge on any atom is -0.493 e. The molecule has 0 aliphatic carbocycles. The van der Waals surface area contributed by atoms with Crippen LogP contribution in [-0.4, -0.2) is 55.3 Å². The highest BCUT2D eigenvalue weighted by Crippen LogP contribution is 2.47. The van der Waals surface area contributed by atoms with Crippen molar-refractivity contribution in [1.29, 1.82) is 5.26 Å². The molecule has 3 aromatic rings. The molecule has 1 N–H and O–H groups in total. The number of rotatable bonds is 7. The third kappa shape index (κ3) is 4.98. The maximum atomic E-state index is 9.78. The predicted octanol–water partition coefficient (Wildman–Crippen LogP) is 5.76. The van der Waals surface area contributed by atoms with Crippen LogP contribution in [-0.2, 0) is 12.0 Å². The van der Waals surface area contributed by atoms with Crippen LogP contribution in [0.15, 0.2) is 60.7 Å². The summed E-state index contributed by atoms with van der Waals surface area (Å²) in [6.07, 6.45) is 4.67. The van der Waals surface area contributed by atoms with Gasteiger partial charge in [-0.2, -0.15) is 5.26 Å². The fourth-order valence-corrected chi connectivity index (χ4v) is 7.51. The third-order valence-corrected chi connectivity index (χ3v) is 9.40. The zero-order valence-electron chi connectivity index (χ0n) is 23.9. The molecule has 6 rings (SSSR count). The first kappa shape index (κ1) is 26.8. The van der Waals surface area contributed by atoms with E-state index in [-0.39, 0.29) is 5.41 Å². The number of ether oxygens (including phenoxy) is 1. The van der Waals surface area contributed by atoms with Gasteiger partial charge in [0.25, 0.3) is 0 Å². The predicted molar refractivity (Wildman–Crippen MR) is 161 cm³/mol. The summed E-state index contributed by atoms with van der Waals surface area (Å²) in [7, 11) is 0. The number of benzene rings is 2. The number of nitrogens with zero attached hydrogens (tertiary/aromatic N) is 4. The molecule has 6 heteroatoms. The van der Waals surface area contributed by atoms with E-state index in [2.05, 4.69) is 64.5 Å². The van der Waals surface area contributed by atoms with E-state index in [9.17, 15) is 5.26 Å². The lowest BCUT2D eigenvalue weighted by Gasteiger charge is -2.53. The quantitative estimate of drug-likeness (QED) is 0.415. The van der Waals surface area contributed by atoms with Crippen LogP contribution in [0, 0.1) is 17.2 Å². The second kappa shape index (κ2) is 11.6. The van der Waals surface area contributed by atoms with Gasteiger partial charge >= 0.3 is 0 Å². The first-order valence-corrected chi connectivity index (χ1v) is 15.1. The average Bonchev–Trinajstić information content (AvgIpc) is 3.50. The molecule has 2 aromatic carbocycles. The minimum absolute atomic E-state index is 0.0456. The Labute approximate surface area is 239 Å². The molecule has 0 saturated carbocycles. The molecule has 208 valence electrons. The molecular weight excluding hydrogens is 494 g/mol. The maximum Gasteiger partial charge on any atom is 0.128 e. The van der Waals surface area contributed by atoms with E-state index in [1.54, 1.807) is 0 Å². The lowest BCUT2D eigenvalue weighted by Crippen LogP contribution is -2.58. The van der Waals surface area contributed by atoms with Crippen molar-refractivity contribution >= 4 is 5.69 Å². The van der Waals surface area contributed by atoms with Crippen LogP contribution < -0.4 is 15.0 Å². The second-order valence-electron chi connectivity index (χ2n) is 11.7. The van der Waals surface area contributed by atoms with Crippen LogP contribution in [0.2, 0.25) is 0 Å². The first-order valence-electron chi connectivity index (χ1n) is 15.1. The van der Waals surface area contributed by atoms with Crippen LogP contribution >= 0.6 is 0 Å². The molecule has 6 nitrogen and oxygen atoms in total. The van der Waals surface area contributed by atoms with Crippen molar-refractivity contribution in [2.75, 3.05) is 44.2 Å². The Hall–Kier alpha value is -3.40. The first-order chi connectivity index (χ1) is 19.6. The summed E-state index contributed by atoms with van der Waals surface area (Å²) in [4.78, 5) is 10.5. The van der Waals surface area contributed by atoms with Gasteiger partial charge in [-0.1, -0.05) is 43.7 Å². The lowest BCUT2D eigenvalue weighted by atomic mass is 9.62. The standard InChI is InChI=1S/C34H41N5O/c1-3-26-21-39(32-13-7-5-10-25(32)20-35)19-17-34(26)24-38(22-27-11-9-18-36-27)23-31-29(34)15-16-30(37-31)28-12-6-8-14-33(28)40-4-2/h5-8,10,12-16,26-27,36H,3-4,9,11,17-19,21-24H2,1-2H3/t26-,27-,34+/m1/s1. The van der Waals surface area contributed by atoms with Crippen molar-refractivity contribution in [2.45, 2.75) is 57.5 Å². The summed E-state index contributed by atoms with van der Waals surface area (Å²) in [5.74, 6) is 1.36. The summed E-state index contributed by atoms with van der Waals surface area (Å²) >= 11 is 0. The second-order valence-corrected chi connectivity index (χ2v) is 11.7. The summed E-state index contributed by atoms with van der Waals surface area (Å²) < 4.78 is 5.98. The molecule has 2 saturated heterocycles. The number of fused-ring (bicyclic) bond motifs is 2. The topological polar surface area (TPSA) is 64.4 Å². The van der Waals surface area contributed by atoms with Gasteiger partial charge in [0.2, 0.25) is 0 Å². The molecule has 3 aliphatic heterocycles. The van der Waals surface area contributed by atoms with Crippen molar-refractivity contribution in [2.24, 2.45) is 5.92 Å². The van der Waals surface area contributed by atoms with Gasteiger partial charge in [0.05, 0.1) is 29.2 Å². The van der Waals surface area contributed by atoms with Gasteiger partial charge in [-0.25, -0.2) is 0 Å². The third-order valence-electron chi connectivity index (χ3n) is 9.40. The van der Waals surface area contributed by atoms with Crippen LogP contribution in [0.1, 0.15) is 56.4 Å². The Morgan fingerprint density at radius 2 is 1.95 bits per heavy atom. The van der Waals surface area contributed by atoms with Gasteiger partial charge in [-0.3, -0.25) is 9.88 Å². The van der Waals surface area contributed by atoms with E-state index in [4.69, 9.17) is 9.72 Å². The van der Waals surface area contributed by atoms with Crippen LogP contribution in [0.25, 0.3) is 11.3 Å². The normalized spacial score (nSPS) is 24.6. The minimum atomic E-state index is 0.0456. The molecule has 0 radical (unpaired) electrons. The molecule has 2 fully saturated rings. The lowest BCUT2D eigenvalue weighted by molar-refractivity contribution is 0.0968. The molecule has 3 atom stereocenters. The van der Waals surface area contributed by atoms with Crippen LogP contribution in [0.5, 0.6) is 5.75 Å². The Morgan fingerprint density at radius 3 is 2.75 bits per heavy atom. The highest BCUT2D eigenvalue weighted by Gasteiger charge is 2.48. The monoisotopic (exact) mass is 535 g/mol. The molecule has 40 heavy (non-hydrogen) atoms. The fourth-order valence-electron chi connectivity index (χ4n) is 7.51. The number of piperidine rings is 1. The van der Waals surface area contributed by atoms with E-state index in [0.29, 0.717) is 18.6 Å². The largest absolute Gasteiger partial charge is 0.493 e. The smallest absolute Gasteiger partial charge is 0.128 e. The summed E-state index contributed by atoms with van der Waals surface area (Å²) in [6, 6.07) is 23.9. The van der Waals surface area contributed by atoms with Gasteiger partial charge in [0.15, 0.2) is 0 Å². The number of pyridine rings is 1. The van der Waals surface area contributed by atoms with E-state index < -0.39 is 0 Å². The average molecular weight is 536 g/mol. The fraction of sp³-hybridized carbons (Fsp3) is 0.471. The van der Waals surface area contributed by atoms with Crippen LogP contribution in [0.4, 0.5) is 5.69 Å². The van der Waals surface area contributed by atoms with Crippen molar-refractivity contribution in [3.63, 3.8) is 0 Å². The molecule has 1 aromatic heterocycles. The Morgan fingerprint density at radius 1 is 1.10 bits per heavy atom. The summed E-state index contributed by atoms with van der Waals surface area (Å²) in [5.41, 5.74) is 6.59. The van der Waals surface area contributed by atoms with Gasteiger partial charge in [0, 0.05) is 49.7 Å². The van der Waals surface area contributed by atoms with Gasteiger partial charge in [0.1, 0.15) is 11.8 Å². The van der Waals surface area contributed by atoms with E-state index in [0.717, 1.165) is 80.4 Å². The molecular formula is C34H41N5O. The molecule has 1 spiro atoms. The van der Waals surface area contributed by atoms with E-state index in [1.807, 2.05) is 31.2 Å². The number of para-hydroxylation sites is 2. The zero-order chi connectivity index (χ0) is 27.5. The van der Waals surface area contributed by atoms with Crippen LogP contribution in [0.3, 0.4) is 0 Å². The number of nitrogens with one attached hydrogen (secondary N) is 1. The highest BCUT2D eigenvalue weighted by molar-refractivity contribution is 5.68. The van der Waals surface area contributed by atoms with Gasteiger partial charge < -0.3 is 15.0 Å². The van der Waals surface area contributed by atoms with Gasteiger partial charge in [-0.15, -0.1) is 0 Å². The molecule has 0 unspecified atom stereocenters. The molecule has 0 bridgehead atoms. The number of aromatic nitrogens is 1.